The van der Waals surface area contributed by atoms with Gasteiger partial charge in [0, 0.05) is 20.0 Å². The van der Waals surface area contributed by atoms with Crippen LogP contribution in [0.4, 0.5) is 0 Å². The fraction of sp³-hybridized carbons (Fsp3) is 0.500. The van der Waals surface area contributed by atoms with Crippen molar-refractivity contribution < 1.29 is 14.3 Å². The molecule has 1 heterocycles. The third-order valence-corrected chi connectivity index (χ3v) is 3.73. The quantitative estimate of drug-likeness (QED) is 0.793. The summed E-state index contributed by atoms with van der Waals surface area (Å²) < 4.78 is 5.43. The summed E-state index contributed by atoms with van der Waals surface area (Å²) in [4.78, 5) is 26.2. The maximum Gasteiger partial charge on any atom is 0.339 e. The monoisotopic (exact) mass is 275 g/mol. The van der Waals surface area contributed by atoms with Crippen molar-refractivity contribution in [2.45, 2.75) is 38.7 Å². The number of hydrogen-bond acceptors (Lipinski definition) is 3. The van der Waals surface area contributed by atoms with Crippen LogP contribution < -0.4 is 0 Å². The molecule has 1 atom stereocenters. The third kappa shape index (κ3) is 2.69. The molecule has 1 aromatic carbocycles. The molecule has 4 nitrogen and oxygen atoms in total. The average molecular weight is 275 g/mol. The molecule has 1 amide bonds. The van der Waals surface area contributed by atoms with Crippen LogP contribution in [-0.4, -0.2) is 36.0 Å². The molecule has 0 fully saturated rings. The van der Waals surface area contributed by atoms with Crippen molar-refractivity contribution in [3.8, 4) is 0 Å². The Hall–Kier alpha value is -1.84. The van der Waals surface area contributed by atoms with E-state index in [9.17, 15) is 9.59 Å². The Bertz CT molecular complexity index is 526. The highest BCUT2D eigenvalue weighted by Gasteiger charge is 2.43. The minimum absolute atomic E-state index is 0.131. The molecule has 108 valence electrons. The molecular formula is C16H21NO3. The third-order valence-electron chi connectivity index (χ3n) is 3.73. The van der Waals surface area contributed by atoms with E-state index in [0.29, 0.717) is 18.5 Å². The van der Waals surface area contributed by atoms with E-state index in [2.05, 4.69) is 6.92 Å². The minimum atomic E-state index is -1.09. The number of fused-ring (bicyclic) bond motifs is 1. The Morgan fingerprint density at radius 1 is 1.40 bits per heavy atom. The smallest absolute Gasteiger partial charge is 0.339 e. The number of amides is 1. The van der Waals surface area contributed by atoms with Crippen LogP contribution in [0.3, 0.4) is 0 Å². The molecule has 4 heteroatoms. The minimum Gasteiger partial charge on any atom is -0.445 e. The van der Waals surface area contributed by atoms with E-state index in [1.807, 2.05) is 12.1 Å². The molecule has 1 aliphatic rings. The summed E-state index contributed by atoms with van der Waals surface area (Å²) in [6.45, 7) is 4.46. The maximum absolute atomic E-state index is 12.5. The van der Waals surface area contributed by atoms with Crippen molar-refractivity contribution in [1.29, 1.82) is 0 Å². The number of ether oxygens (including phenoxy) is 1. The normalized spacial score (nSPS) is 21.1. The second kappa shape index (κ2) is 5.65. The van der Waals surface area contributed by atoms with E-state index in [1.54, 1.807) is 31.0 Å². The Labute approximate surface area is 119 Å². The summed E-state index contributed by atoms with van der Waals surface area (Å²) >= 11 is 0. The zero-order valence-electron chi connectivity index (χ0n) is 12.3. The van der Waals surface area contributed by atoms with Crippen molar-refractivity contribution in [2.24, 2.45) is 0 Å². The fourth-order valence-electron chi connectivity index (χ4n) is 2.55. The van der Waals surface area contributed by atoms with Crippen molar-refractivity contribution in [1.82, 2.24) is 4.90 Å². The first-order chi connectivity index (χ1) is 9.48. The lowest BCUT2D eigenvalue weighted by molar-refractivity contribution is -0.149. The van der Waals surface area contributed by atoms with E-state index in [0.717, 1.165) is 18.4 Å². The first-order valence-electron chi connectivity index (χ1n) is 7.05. The summed E-state index contributed by atoms with van der Waals surface area (Å²) in [5, 5.41) is 0. The van der Waals surface area contributed by atoms with Gasteiger partial charge in [-0.15, -0.1) is 0 Å². The van der Waals surface area contributed by atoms with E-state index in [4.69, 9.17) is 4.74 Å². The van der Waals surface area contributed by atoms with Crippen LogP contribution in [0, 0.1) is 0 Å². The molecule has 1 aromatic rings. The first kappa shape index (κ1) is 14.6. The van der Waals surface area contributed by atoms with Crippen LogP contribution in [0.15, 0.2) is 24.3 Å². The average Bonchev–Trinajstić information content (AvgIpc) is 2.43. The largest absolute Gasteiger partial charge is 0.445 e. The van der Waals surface area contributed by atoms with Gasteiger partial charge in [0.2, 0.25) is 0 Å². The highest BCUT2D eigenvalue weighted by atomic mass is 16.6. The molecule has 0 saturated heterocycles. The van der Waals surface area contributed by atoms with Crippen LogP contribution in [0.2, 0.25) is 0 Å². The lowest BCUT2D eigenvalue weighted by atomic mass is 9.89. The zero-order chi connectivity index (χ0) is 14.8. The Kier molecular flexibility index (Phi) is 4.12. The Morgan fingerprint density at radius 2 is 2.10 bits per heavy atom. The van der Waals surface area contributed by atoms with E-state index < -0.39 is 11.6 Å². The Morgan fingerprint density at radius 3 is 2.80 bits per heavy atom. The molecule has 1 unspecified atom stereocenters. The number of cyclic esters (lactones) is 1. The number of likely N-dealkylation sites (N-methyl/N-ethyl adjacent to an activating group) is 1. The Balaban J connectivity index is 2.20. The number of esters is 1. The number of carbonyl (C=O) groups is 2. The van der Waals surface area contributed by atoms with Gasteiger partial charge in [-0.25, -0.2) is 4.79 Å². The van der Waals surface area contributed by atoms with Crippen molar-refractivity contribution in [2.75, 3.05) is 13.6 Å². The predicted molar refractivity (Wildman–Crippen MR) is 76.5 cm³/mol. The molecule has 0 spiro atoms. The molecule has 0 saturated carbocycles. The van der Waals surface area contributed by atoms with Crippen LogP contribution in [0.25, 0.3) is 0 Å². The van der Waals surface area contributed by atoms with Crippen LogP contribution >= 0.6 is 0 Å². The molecule has 0 bridgehead atoms. The van der Waals surface area contributed by atoms with Crippen molar-refractivity contribution >= 4 is 11.9 Å². The highest BCUT2D eigenvalue weighted by molar-refractivity contribution is 5.97. The van der Waals surface area contributed by atoms with Gasteiger partial charge in [0.1, 0.15) is 0 Å². The lowest BCUT2D eigenvalue weighted by Crippen LogP contribution is -2.52. The van der Waals surface area contributed by atoms with E-state index in [-0.39, 0.29) is 5.91 Å². The predicted octanol–water partition coefficient (Wildman–Crippen LogP) is 2.42. The zero-order valence-corrected chi connectivity index (χ0v) is 12.3. The van der Waals surface area contributed by atoms with Gasteiger partial charge in [-0.3, -0.25) is 4.79 Å². The summed E-state index contributed by atoms with van der Waals surface area (Å²) in [6.07, 6.45) is 2.41. The maximum atomic E-state index is 12.5. The standard InChI is InChI=1S/C16H21NO3/c1-4-5-10-17(3)15(19)16(2)11-12-8-6-7-9-13(12)14(18)20-16/h6-9H,4-5,10-11H2,1-3H3. The lowest BCUT2D eigenvalue weighted by Gasteiger charge is -2.35. The first-order valence-corrected chi connectivity index (χ1v) is 7.05. The molecule has 0 N–H and O–H groups in total. The van der Waals surface area contributed by atoms with Gasteiger partial charge in [-0.1, -0.05) is 31.5 Å². The fourth-order valence-corrected chi connectivity index (χ4v) is 2.55. The molecule has 2 rings (SSSR count). The number of benzene rings is 1. The van der Waals surface area contributed by atoms with Gasteiger partial charge >= 0.3 is 5.97 Å². The van der Waals surface area contributed by atoms with Gasteiger partial charge in [0.05, 0.1) is 5.56 Å². The molecule has 0 aliphatic carbocycles. The molecule has 20 heavy (non-hydrogen) atoms. The molecule has 0 radical (unpaired) electrons. The van der Waals surface area contributed by atoms with Gasteiger partial charge in [0.25, 0.3) is 5.91 Å². The summed E-state index contributed by atoms with van der Waals surface area (Å²) in [5.41, 5.74) is 0.353. The number of hydrogen-bond donors (Lipinski definition) is 0. The summed E-state index contributed by atoms with van der Waals surface area (Å²) in [6, 6.07) is 7.30. The van der Waals surface area contributed by atoms with Crippen LogP contribution in [-0.2, 0) is 16.0 Å². The topological polar surface area (TPSA) is 46.6 Å². The van der Waals surface area contributed by atoms with Crippen molar-refractivity contribution in [3.05, 3.63) is 35.4 Å². The molecule has 1 aliphatic heterocycles. The van der Waals surface area contributed by atoms with Gasteiger partial charge in [-0.2, -0.15) is 0 Å². The number of unbranched alkanes of at least 4 members (excludes halogenated alkanes) is 1. The van der Waals surface area contributed by atoms with Crippen LogP contribution in [0.5, 0.6) is 0 Å². The van der Waals surface area contributed by atoms with Crippen LogP contribution in [0.1, 0.15) is 42.6 Å². The highest BCUT2D eigenvalue weighted by Crippen LogP contribution is 2.29. The second-order valence-electron chi connectivity index (χ2n) is 5.53. The SMILES string of the molecule is CCCCN(C)C(=O)C1(C)Cc2ccccc2C(=O)O1. The van der Waals surface area contributed by atoms with E-state index in [1.165, 1.54) is 0 Å². The number of nitrogens with zero attached hydrogens (tertiary/aromatic N) is 1. The van der Waals surface area contributed by atoms with E-state index >= 15 is 0 Å². The number of carbonyl (C=O) groups excluding carboxylic acids is 2. The molecular weight excluding hydrogens is 254 g/mol. The number of rotatable bonds is 4. The van der Waals surface area contributed by atoms with Gasteiger partial charge < -0.3 is 9.64 Å². The van der Waals surface area contributed by atoms with Gasteiger partial charge in [-0.05, 0) is 25.0 Å². The summed E-state index contributed by atoms with van der Waals surface area (Å²) in [5.74, 6) is -0.541. The van der Waals surface area contributed by atoms with Gasteiger partial charge in [0.15, 0.2) is 5.60 Å². The van der Waals surface area contributed by atoms with Crippen molar-refractivity contribution in [3.63, 3.8) is 0 Å². The second-order valence-corrected chi connectivity index (χ2v) is 5.53. The summed E-state index contributed by atoms with van der Waals surface area (Å²) in [7, 11) is 1.76. The molecule has 0 aromatic heterocycles.